The van der Waals surface area contributed by atoms with Crippen LogP contribution >= 0.6 is 23.4 Å². The van der Waals surface area contributed by atoms with Crippen molar-refractivity contribution in [1.29, 1.82) is 0 Å². The zero-order valence-electron chi connectivity index (χ0n) is 9.47. The molecule has 3 rings (SSSR count). The third kappa shape index (κ3) is 2.52. The predicted molar refractivity (Wildman–Crippen MR) is 75.0 cm³/mol. The second kappa shape index (κ2) is 5.04. The highest BCUT2D eigenvalue weighted by Crippen LogP contribution is 2.25. The van der Waals surface area contributed by atoms with Gasteiger partial charge in [0.15, 0.2) is 5.58 Å². The summed E-state index contributed by atoms with van der Waals surface area (Å²) in [5.74, 6) is 1.46. The lowest BCUT2D eigenvalue weighted by molar-refractivity contribution is 0.556. The minimum atomic E-state index is 0.719. The molecule has 0 saturated heterocycles. The Hall–Kier alpha value is -1.45. The summed E-state index contributed by atoms with van der Waals surface area (Å²) < 4.78 is 5.66. The van der Waals surface area contributed by atoms with Crippen molar-refractivity contribution in [3.8, 4) is 0 Å². The molecule has 0 radical (unpaired) electrons. The normalized spacial score (nSPS) is 10.9. The van der Waals surface area contributed by atoms with E-state index in [-0.39, 0.29) is 0 Å². The number of benzene rings is 2. The largest absolute Gasteiger partial charge is 0.440 e. The van der Waals surface area contributed by atoms with Crippen molar-refractivity contribution in [2.75, 3.05) is 0 Å². The van der Waals surface area contributed by atoms with Gasteiger partial charge in [-0.25, -0.2) is 4.98 Å². The summed E-state index contributed by atoms with van der Waals surface area (Å²) in [6.45, 7) is 0. The molecule has 90 valence electrons. The second-order valence-corrected chi connectivity index (χ2v) is 5.30. The topological polar surface area (TPSA) is 26.0 Å². The van der Waals surface area contributed by atoms with Crippen LogP contribution in [0.3, 0.4) is 0 Å². The Kier molecular flexibility index (Phi) is 3.26. The van der Waals surface area contributed by atoms with E-state index in [1.54, 1.807) is 11.8 Å². The first kappa shape index (κ1) is 11.6. The quantitative estimate of drug-likeness (QED) is 0.644. The van der Waals surface area contributed by atoms with E-state index in [4.69, 9.17) is 16.0 Å². The van der Waals surface area contributed by atoms with Crippen LogP contribution in [0.25, 0.3) is 11.1 Å². The van der Waals surface area contributed by atoms with E-state index in [9.17, 15) is 0 Å². The van der Waals surface area contributed by atoms with Crippen LogP contribution in [0.4, 0.5) is 0 Å². The molecule has 2 nitrogen and oxygen atoms in total. The molecule has 0 unspecified atom stereocenters. The molecule has 0 amide bonds. The van der Waals surface area contributed by atoms with Gasteiger partial charge in [-0.2, -0.15) is 0 Å². The van der Waals surface area contributed by atoms with E-state index >= 15 is 0 Å². The summed E-state index contributed by atoms with van der Waals surface area (Å²) in [4.78, 5) is 5.59. The zero-order valence-corrected chi connectivity index (χ0v) is 11.0. The van der Waals surface area contributed by atoms with Gasteiger partial charge < -0.3 is 4.42 Å². The monoisotopic (exact) mass is 275 g/mol. The molecule has 1 aromatic heterocycles. The Morgan fingerprint density at radius 2 is 1.83 bits per heavy atom. The Balaban J connectivity index is 1.74. The molecule has 1 heterocycles. The van der Waals surface area contributed by atoms with Gasteiger partial charge in [-0.05, 0) is 36.4 Å². The summed E-state index contributed by atoms with van der Waals surface area (Å²) >= 11 is 7.52. The van der Waals surface area contributed by atoms with Crippen molar-refractivity contribution in [3.05, 3.63) is 59.4 Å². The van der Waals surface area contributed by atoms with Crippen LogP contribution in [0.15, 0.2) is 57.8 Å². The molecule has 4 heteroatoms. The van der Waals surface area contributed by atoms with Crippen LogP contribution in [0.5, 0.6) is 0 Å². The summed E-state index contributed by atoms with van der Waals surface area (Å²) in [6, 6.07) is 15.6. The summed E-state index contributed by atoms with van der Waals surface area (Å²) in [7, 11) is 0. The first-order valence-electron chi connectivity index (χ1n) is 5.54. The third-order valence-electron chi connectivity index (χ3n) is 2.51. The maximum Gasteiger partial charge on any atom is 0.205 e. The van der Waals surface area contributed by atoms with E-state index in [1.807, 2.05) is 48.5 Å². The average molecular weight is 276 g/mol. The molecule has 2 aromatic carbocycles. The average Bonchev–Trinajstić information content (AvgIpc) is 2.81. The van der Waals surface area contributed by atoms with Crippen LogP contribution in [-0.2, 0) is 5.75 Å². The van der Waals surface area contributed by atoms with Crippen LogP contribution in [-0.4, -0.2) is 4.98 Å². The predicted octanol–water partition coefficient (Wildman–Crippen LogP) is 4.77. The molecule has 0 aliphatic carbocycles. The van der Waals surface area contributed by atoms with Crippen LogP contribution in [0.2, 0.25) is 5.02 Å². The number of nitrogens with zero attached hydrogens (tertiary/aromatic N) is 1. The van der Waals surface area contributed by atoms with Crippen molar-refractivity contribution in [2.45, 2.75) is 10.6 Å². The first-order valence-corrected chi connectivity index (χ1v) is 6.90. The Morgan fingerprint density at radius 1 is 1.06 bits per heavy atom. The molecular formula is C14H10ClNOS. The van der Waals surface area contributed by atoms with Gasteiger partial charge in [0.05, 0.1) is 5.75 Å². The first-order chi connectivity index (χ1) is 8.81. The highest BCUT2D eigenvalue weighted by atomic mass is 35.5. The highest BCUT2D eigenvalue weighted by molar-refractivity contribution is 7.98. The van der Waals surface area contributed by atoms with E-state index in [0.717, 1.165) is 32.7 Å². The Bertz CT molecular complexity index is 630. The van der Waals surface area contributed by atoms with Gasteiger partial charge in [0.1, 0.15) is 5.52 Å². The molecule has 0 saturated carbocycles. The minimum Gasteiger partial charge on any atom is -0.440 e. The van der Waals surface area contributed by atoms with E-state index in [2.05, 4.69) is 4.98 Å². The number of thioether (sulfide) groups is 1. The SMILES string of the molecule is Clc1ccc(SCc2nc3ccccc3o2)cc1. The van der Waals surface area contributed by atoms with Gasteiger partial charge in [0.25, 0.3) is 0 Å². The molecule has 0 spiro atoms. The van der Waals surface area contributed by atoms with E-state index < -0.39 is 0 Å². The van der Waals surface area contributed by atoms with Crippen molar-refractivity contribution >= 4 is 34.5 Å². The van der Waals surface area contributed by atoms with Gasteiger partial charge in [-0.3, -0.25) is 0 Å². The zero-order chi connectivity index (χ0) is 12.4. The smallest absolute Gasteiger partial charge is 0.205 e. The lowest BCUT2D eigenvalue weighted by atomic mass is 10.3. The summed E-state index contributed by atoms with van der Waals surface area (Å²) in [6.07, 6.45) is 0. The highest BCUT2D eigenvalue weighted by Gasteiger charge is 2.05. The van der Waals surface area contributed by atoms with Gasteiger partial charge in [0, 0.05) is 9.92 Å². The number of halogens is 1. The summed E-state index contributed by atoms with van der Waals surface area (Å²) in [5, 5.41) is 0.751. The molecule has 0 atom stereocenters. The van der Waals surface area contributed by atoms with Crippen LogP contribution < -0.4 is 0 Å². The lowest BCUT2D eigenvalue weighted by Crippen LogP contribution is -1.79. The number of fused-ring (bicyclic) bond motifs is 1. The number of hydrogen-bond donors (Lipinski definition) is 0. The molecule has 0 bridgehead atoms. The molecule has 18 heavy (non-hydrogen) atoms. The summed E-state index contributed by atoms with van der Waals surface area (Å²) in [5.41, 5.74) is 1.74. The lowest BCUT2D eigenvalue weighted by Gasteiger charge is -1.98. The fraction of sp³-hybridized carbons (Fsp3) is 0.0714. The van der Waals surface area contributed by atoms with E-state index in [0.29, 0.717) is 0 Å². The Labute approximate surface area is 114 Å². The number of hydrogen-bond acceptors (Lipinski definition) is 3. The number of oxazole rings is 1. The molecule has 3 aromatic rings. The van der Waals surface area contributed by atoms with Crippen LogP contribution in [0, 0.1) is 0 Å². The molecule has 0 fully saturated rings. The molecule has 0 N–H and O–H groups in total. The number of para-hydroxylation sites is 2. The van der Waals surface area contributed by atoms with Gasteiger partial charge in [-0.15, -0.1) is 11.8 Å². The molecular weight excluding hydrogens is 266 g/mol. The van der Waals surface area contributed by atoms with Gasteiger partial charge >= 0.3 is 0 Å². The fourth-order valence-electron chi connectivity index (χ4n) is 1.66. The van der Waals surface area contributed by atoms with Crippen molar-refractivity contribution in [3.63, 3.8) is 0 Å². The van der Waals surface area contributed by atoms with Crippen molar-refractivity contribution in [1.82, 2.24) is 4.98 Å². The molecule has 0 aliphatic rings. The minimum absolute atomic E-state index is 0.719. The Morgan fingerprint density at radius 3 is 2.61 bits per heavy atom. The maximum absolute atomic E-state index is 5.84. The van der Waals surface area contributed by atoms with Gasteiger partial charge in [-0.1, -0.05) is 23.7 Å². The standard InChI is InChI=1S/C14H10ClNOS/c15-10-5-7-11(8-6-10)18-9-14-16-12-3-1-2-4-13(12)17-14/h1-8H,9H2. The second-order valence-electron chi connectivity index (χ2n) is 3.82. The fourth-order valence-corrected chi connectivity index (χ4v) is 2.53. The van der Waals surface area contributed by atoms with E-state index in [1.165, 1.54) is 0 Å². The molecule has 0 aliphatic heterocycles. The maximum atomic E-state index is 5.84. The van der Waals surface area contributed by atoms with Crippen molar-refractivity contribution < 1.29 is 4.42 Å². The van der Waals surface area contributed by atoms with Gasteiger partial charge in [0.2, 0.25) is 5.89 Å². The number of aromatic nitrogens is 1. The van der Waals surface area contributed by atoms with Crippen LogP contribution in [0.1, 0.15) is 5.89 Å². The number of rotatable bonds is 3. The van der Waals surface area contributed by atoms with Crippen molar-refractivity contribution in [2.24, 2.45) is 0 Å². The third-order valence-corrected chi connectivity index (χ3v) is 3.76.